The summed E-state index contributed by atoms with van der Waals surface area (Å²) in [5.41, 5.74) is 2.54. The van der Waals surface area contributed by atoms with Crippen LogP contribution in [0.4, 0.5) is 4.79 Å². The minimum Gasteiger partial charge on any atom is -0.431 e. The minimum atomic E-state index is -0.797. The van der Waals surface area contributed by atoms with Gasteiger partial charge in [0.1, 0.15) is 0 Å². The van der Waals surface area contributed by atoms with Gasteiger partial charge in [-0.1, -0.05) is 91.0 Å². The summed E-state index contributed by atoms with van der Waals surface area (Å²) in [4.78, 5) is 17.3. The molecule has 0 N–H and O–H groups in total. The second-order valence-corrected chi connectivity index (χ2v) is 7.77. The largest absolute Gasteiger partial charge is 0.431 e. The van der Waals surface area contributed by atoms with Crippen LogP contribution < -0.4 is 0 Å². The van der Waals surface area contributed by atoms with Gasteiger partial charge in [-0.2, -0.15) is 0 Å². The monoisotopic (exact) mass is 384 g/mol. The Kier molecular flexibility index (Phi) is 4.57. The van der Waals surface area contributed by atoms with E-state index in [4.69, 9.17) is 4.74 Å². The van der Waals surface area contributed by atoms with E-state index in [0.29, 0.717) is 6.54 Å². The maximum Gasteiger partial charge on any atom is 0.411 e. The number of cyclic esters (lactones) is 1. The molecular weight excluding hydrogens is 360 g/mol. The number of fused-ring (bicyclic) bond motifs is 1. The lowest BCUT2D eigenvalue weighted by Crippen LogP contribution is -2.56. The van der Waals surface area contributed by atoms with Crippen molar-refractivity contribution in [2.45, 2.75) is 18.2 Å². The Hall–Kier alpha value is -3.11. The fraction of sp³-hybridized carbons (Fsp3) is 0.240. The molecule has 146 valence electrons. The average Bonchev–Trinajstić information content (AvgIpc) is 3.08. The number of amides is 1. The topological polar surface area (TPSA) is 32.8 Å². The molecule has 2 heterocycles. The van der Waals surface area contributed by atoms with Crippen LogP contribution in [0.15, 0.2) is 91.0 Å². The van der Waals surface area contributed by atoms with E-state index in [9.17, 15) is 4.79 Å². The van der Waals surface area contributed by atoms with Crippen LogP contribution in [0.5, 0.6) is 0 Å². The van der Waals surface area contributed by atoms with Crippen LogP contribution in [0.1, 0.15) is 16.7 Å². The molecule has 2 fully saturated rings. The Morgan fingerprint density at radius 3 is 1.93 bits per heavy atom. The molecule has 0 spiro atoms. The zero-order chi connectivity index (χ0) is 19.7. The number of ether oxygens (including phenoxy) is 1. The third kappa shape index (κ3) is 3.10. The molecule has 3 aromatic carbocycles. The van der Waals surface area contributed by atoms with Crippen LogP contribution in [-0.2, 0) is 16.9 Å². The highest BCUT2D eigenvalue weighted by Gasteiger charge is 2.57. The predicted octanol–water partition coefficient (Wildman–Crippen LogP) is 4.27. The molecule has 5 rings (SSSR count). The van der Waals surface area contributed by atoms with Gasteiger partial charge in [0.05, 0.1) is 6.04 Å². The maximum absolute atomic E-state index is 12.9. The average molecular weight is 384 g/mol. The number of carbonyl (C=O) groups excluding carboxylic acids is 1. The van der Waals surface area contributed by atoms with E-state index < -0.39 is 5.60 Å². The van der Waals surface area contributed by atoms with Crippen molar-refractivity contribution >= 4 is 6.09 Å². The van der Waals surface area contributed by atoms with Crippen molar-refractivity contribution in [3.05, 3.63) is 108 Å². The second-order valence-electron chi connectivity index (χ2n) is 7.77. The van der Waals surface area contributed by atoms with Gasteiger partial charge >= 0.3 is 6.09 Å². The predicted molar refractivity (Wildman–Crippen MR) is 112 cm³/mol. The Balaban J connectivity index is 1.55. The molecule has 0 unspecified atom stereocenters. The van der Waals surface area contributed by atoms with Gasteiger partial charge in [-0.25, -0.2) is 4.79 Å². The Bertz CT molecular complexity index is 936. The number of hydrogen-bond donors (Lipinski definition) is 0. The minimum absolute atomic E-state index is 0.0720. The summed E-state index contributed by atoms with van der Waals surface area (Å²) in [6, 6.07) is 30.8. The lowest BCUT2D eigenvalue weighted by molar-refractivity contribution is 0.0416. The van der Waals surface area contributed by atoms with E-state index in [1.807, 2.05) is 47.4 Å². The quantitative estimate of drug-likeness (QED) is 0.674. The summed E-state index contributed by atoms with van der Waals surface area (Å²) in [5, 5.41) is 0. The lowest BCUT2D eigenvalue weighted by Gasteiger charge is -2.42. The van der Waals surface area contributed by atoms with E-state index in [-0.39, 0.29) is 12.1 Å². The smallest absolute Gasteiger partial charge is 0.411 e. The van der Waals surface area contributed by atoms with Crippen LogP contribution in [-0.4, -0.2) is 41.6 Å². The van der Waals surface area contributed by atoms with Gasteiger partial charge in [-0.15, -0.1) is 0 Å². The number of piperazine rings is 1. The molecule has 0 aromatic heterocycles. The fourth-order valence-corrected chi connectivity index (χ4v) is 4.70. The molecule has 1 atom stereocenters. The third-order valence-electron chi connectivity index (χ3n) is 6.07. The summed E-state index contributed by atoms with van der Waals surface area (Å²) < 4.78 is 6.23. The third-order valence-corrected chi connectivity index (χ3v) is 6.07. The highest BCUT2D eigenvalue weighted by atomic mass is 16.6. The van der Waals surface area contributed by atoms with E-state index in [1.165, 1.54) is 5.56 Å². The number of hydrogen-bond acceptors (Lipinski definition) is 3. The normalized spacial score (nSPS) is 20.9. The summed E-state index contributed by atoms with van der Waals surface area (Å²) >= 11 is 0. The highest BCUT2D eigenvalue weighted by molar-refractivity contribution is 5.74. The first-order valence-electron chi connectivity index (χ1n) is 10.1. The van der Waals surface area contributed by atoms with Gasteiger partial charge in [0, 0.05) is 37.3 Å². The Labute approximate surface area is 171 Å². The van der Waals surface area contributed by atoms with Gasteiger partial charge in [0.2, 0.25) is 0 Å². The first-order chi connectivity index (χ1) is 14.3. The molecule has 29 heavy (non-hydrogen) atoms. The molecule has 0 radical (unpaired) electrons. The van der Waals surface area contributed by atoms with Gasteiger partial charge in [0.15, 0.2) is 5.60 Å². The molecule has 0 saturated carbocycles. The molecule has 0 bridgehead atoms. The highest BCUT2D eigenvalue weighted by Crippen LogP contribution is 2.45. The molecule has 2 aliphatic heterocycles. The van der Waals surface area contributed by atoms with Crippen molar-refractivity contribution in [1.29, 1.82) is 0 Å². The molecular formula is C25H24N2O2. The lowest BCUT2D eigenvalue weighted by atomic mass is 9.79. The first kappa shape index (κ1) is 18.0. The molecule has 2 aliphatic rings. The summed E-state index contributed by atoms with van der Waals surface area (Å²) in [5.74, 6) is 0. The van der Waals surface area contributed by atoms with Crippen LogP contribution in [0.25, 0.3) is 0 Å². The van der Waals surface area contributed by atoms with Crippen molar-refractivity contribution in [1.82, 2.24) is 9.80 Å². The maximum atomic E-state index is 12.9. The van der Waals surface area contributed by atoms with E-state index in [2.05, 4.69) is 53.4 Å². The Morgan fingerprint density at radius 2 is 1.34 bits per heavy atom. The van der Waals surface area contributed by atoms with Crippen LogP contribution in [0, 0.1) is 0 Å². The van der Waals surface area contributed by atoms with Crippen LogP contribution in [0.2, 0.25) is 0 Å². The summed E-state index contributed by atoms with van der Waals surface area (Å²) in [6.07, 6.45) is -0.220. The number of nitrogens with zero attached hydrogens (tertiary/aromatic N) is 2. The van der Waals surface area contributed by atoms with E-state index >= 15 is 0 Å². The molecule has 4 heteroatoms. The van der Waals surface area contributed by atoms with Gasteiger partial charge in [-0.05, 0) is 5.56 Å². The zero-order valence-corrected chi connectivity index (χ0v) is 16.3. The zero-order valence-electron chi connectivity index (χ0n) is 16.3. The van der Waals surface area contributed by atoms with E-state index in [0.717, 1.165) is 30.8 Å². The SMILES string of the molecule is O=C1OC(c2ccccc2)(c2ccccc2)[C@@H]2CN(Cc3ccccc3)CCN12. The fourth-order valence-electron chi connectivity index (χ4n) is 4.70. The number of rotatable bonds is 4. The van der Waals surface area contributed by atoms with Crippen molar-refractivity contribution in [2.75, 3.05) is 19.6 Å². The van der Waals surface area contributed by atoms with Crippen molar-refractivity contribution in [2.24, 2.45) is 0 Å². The molecule has 0 aliphatic carbocycles. The van der Waals surface area contributed by atoms with Crippen LogP contribution in [0.3, 0.4) is 0 Å². The van der Waals surface area contributed by atoms with Gasteiger partial charge in [-0.3, -0.25) is 9.80 Å². The Morgan fingerprint density at radius 1 is 0.793 bits per heavy atom. The molecule has 3 aromatic rings. The van der Waals surface area contributed by atoms with Gasteiger partial charge < -0.3 is 4.74 Å². The van der Waals surface area contributed by atoms with Crippen molar-refractivity contribution in [3.8, 4) is 0 Å². The molecule has 1 amide bonds. The number of carbonyl (C=O) groups is 1. The van der Waals surface area contributed by atoms with Crippen LogP contribution >= 0.6 is 0 Å². The first-order valence-corrected chi connectivity index (χ1v) is 10.1. The standard InChI is InChI=1S/C25H24N2O2/c28-24-27-17-16-26(18-20-10-4-1-5-11-20)19-23(27)25(29-24,21-12-6-2-7-13-21)22-14-8-3-9-15-22/h1-15,23H,16-19H2/t23-/m0/s1. The van der Waals surface area contributed by atoms with E-state index in [1.54, 1.807) is 0 Å². The number of benzene rings is 3. The van der Waals surface area contributed by atoms with Crippen molar-refractivity contribution < 1.29 is 9.53 Å². The van der Waals surface area contributed by atoms with Crippen molar-refractivity contribution in [3.63, 3.8) is 0 Å². The summed E-state index contributed by atoms with van der Waals surface area (Å²) in [7, 11) is 0. The molecule has 4 nitrogen and oxygen atoms in total. The van der Waals surface area contributed by atoms with Gasteiger partial charge in [0.25, 0.3) is 0 Å². The molecule has 2 saturated heterocycles. The second kappa shape index (κ2) is 7.37. The summed E-state index contributed by atoms with van der Waals surface area (Å²) in [6.45, 7) is 3.17.